The van der Waals surface area contributed by atoms with Gasteiger partial charge >= 0.3 is 5.97 Å². The van der Waals surface area contributed by atoms with Gasteiger partial charge in [0.15, 0.2) is 6.61 Å². The molecule has 2 rings (SSSR count). The number of hydrogen-bond acceptors (Lipinski definition) is 4. The number of halogens is 2. The summed E-state index contributed by atoms with van der Waals surface area (Å²) >= 11 is 5.74. The van der Waals surface area contributed by atoms with Crippen LogP contribution in [0.3, 0.4) is 0 Å². The van der Waals surface area contributed by atoms with Crippen molar-refractivity contribution in [3.8, 4) is 5.75 Å². The minimum Gasteiger partial charge on any atom is -0.494 e. The third-order valence-electron chi connectivity index (χ3n) is 3.35. The van der Waals surface area contributed by atoms with Crippen LogP contribution in [0, 0.1) is 12.7 Å². The van der Waals surface area contributed by atoms with E-state index in [2.05, 4.69) is 5.32 Å². The Kier molecular flexibility index (Phi) is 7.41. The van der Waals surface area contributed by atoms with E-state index >= 15 is 0 Å². The van der Waals surface area contributed by atoms with Gasteiger partial charge in [0.05, 0.1) is 12.3 Å². The number of benzene rings is 2. The van der Waals surface area contributed by atoms with Crippen molar-refractivity contribution >= 4 is 29.2 Å². The molecule has 0 aromatic heterocycles. The standard InChI is InChI=1S/C19H19ClFNO4/c1-13-4-2-5-15(10-13)25-9-3-6-19(24)26-12-18(23)22-17-11-14(20)7-8-16(17)21/h2,4-5,7-8,10-11H,3,6,9,12H2,1H3,(H,22,23). The molecule has 1 N–H and O–H groups in total. The van der Waals surface area contributed by atoms with Crippen LogP contribution < -0.4 is 10.1 Å². The van der Waals surface area contributed by atoms with Crippen LogP contribution in [0.15, 0.2) is 42.5 Å². The molecule has 0 bridgehead atoms. The molecule has 0 spiro atoms. The Balaban J connectivity index is 1.65. The maximum Gasteiger partial charge on any atom is 0.306 e. The van der Waals surface area contributed by atoms with Crippen LogP contribution in [0.2, 0.25) is 5.02 Å². The number of amides is 1. The van der Waals surface area contributed by atoms with E-state index in [4.69, 9.17) is 21.1 Å². The molecule has 0 aliphatic carbocycles. The van der Waals surface area contributed by atoms with Crippen LogP contribution in [0.4, 0.5) is 10.1 Å². The van der Waals surface area contributed by atoms with E-state index < -0.39 is 24.3 Å². The van der Waals surface area contributed by atoms with Crippen molar-refractivity contribution in [2.24, 2.45) is 0 Å². The fourth-order valence-corrected chi connectivity index (χ4v) is 2.28. The zero-order valence-electron chi connectivity index (χ0n) is 14.3. The Morgan fingerprint density at radius 1 is 1.19 bits per heavy atom. The van der Waals surface area contributed by atoms with Crippen LogP contribution in [-0.4, -0.2) is 25.1 Å². The Morgan fingerprint density at radius 3 is 2.77 bits per heavy atom. The van der Waals surface area contributed by atoms with Crippen LogP contribution in [-0.2, 0) is 14.3 Å². The first kappa shape index (κ1) is 19.7. The van der Waals surface area contributed by atoms with Crippen molar-refractivity contribution in [3.63, 3.8) is 0 Å². The average Bonchev–Trinajstić information content (AvgIpc) is 2.60. The number of rotatable bonds is 8. The molecule has 26 heavy (non-hydrogen) atoms. The van der Waals surface area contributed by atoms with Gasteiger partial charge in [-0.2, -0.15) is 0 Å². The molecule has 7 heteroatoms. The van der Waals surface area contributed by atoms with Crippen LogP contribution >= 0.6 is 11.6 Å². The number of ether oxygens (including phenoxy) is 2. The number of carbonyl (C=O) groups excluding carboxylic acids is 2. The molecule has 138 valence electrons. The Labute approximate surface area is 156 Å². The van der Waals surface area contributed by atoms with Crippen molar-refractivity contribution in [2.75, 3.05) is 18.5 Å². The Hall–Kier alpha value is -2.60. The van der Waals surface area contributed by atoms with Gasteiger partial charge < -0.3 is 14.8 Å². The first-order valence-corrected chi connectivity index (χ1v) is 8.42. The lowest BCUT2D eigenvalue weighted by atomic mass is 10.2. The molecule has 0 aliphatic heterocycles. The molecule has 2 aromatic rings. The summed E-state index contributed by atoms with van der Waals surface area (Å²) in [7, 11) is 0. The van der Waals surface area contributed by atoms with Crippen LogP contribution in [0.5, 0.6) is 5.75 Å². The second-order valence-electron chi connectivity index (χ2n) is 5.60. The minimum atomic E-state index is -0.643. The molecular formula is C19H19ClFNO4. The van der Waals surface area contributed by atoms with E-state index in [-0.39, 0.29) is 17.1 Å². The smallest absolute Gasteiger partial charge is 0.306 e. The van der Waals surface area contributed by atoms with Crippen LogP contribution in [0.1, 0.15) is 18.4 Å². The quantitative estimate of drug-likeness (QED) is 0.553. The third-order valence-corrected chi connectivity index (χ3v) is 3.59. The highest BCUT2D eigenvalue weighted by Crippen LogP contribution is 2.19. The number of hydrogen-bond donors (Lipinski definition) is 1. The molecule has 0 saturated carbocycles. The molecule has 5 nitrogen and oxygen atoms in total. The number of nitrogens with one attached hydrogen (secondary N) is 1. The fourth-order valence-electron chi connectivity index (χ4n) is 2.11. The van der Waals surface area contributed by atoms with Crippen molar-refractivity contribution in [1.82, 2.24) is 0 Å². The highest BCUT2D eigenvalue weighted by molar-refractivity contribution is 6.30. The summed E-state index contributed by atoms with van der Waals surface area (Å²) in [6.07, 6.45) is 0.571. The number of esters is 1. The van der Waals surface area contributed by atoms with Crippen molar-refractivity contribution < 1.29 is 23.5 Å². The second-order valence-corrected chi connectivity index (χ2v) is 6.04. The molecule has 0 aliphatic rings. The summed E-state index contributed by atoms with van der Waals surface area (Å²) in [5.74, 6) is -1.06. The van der Waals surface area contributed by atoms with Gasteiger partial charge in [-0.3, -0.25) is 9.59 Å². The molecule has 0 fully saturated rings. The van der Waals surface area contributed by atoms with Gasteiger partial charge in [0, 0.05) is 11.4 Å². The SMILES string of the molecule is Cc1cccc(OCCCC(=O)OCC(=O)Nc2cc(Cl)ccc2F)c1. The third kappa shape index (κ3) is 6.72. The predicted molar refractivity (Wildman–Crippen MR) is 96.9 cm³/mol. The number of carbonyl (C=O) groups is 2. The molecular weight excluding hydrogens is 361 g/mol. The lowest BCUT2D eigenvalue weighted by Crippen LogP contribution is -2.21. The summed E-state index contributed by atoms with van der Waals surface area (Å²) in [6.45, 7) is 1.83. The summed E-state index contributed by atoms with van der Waals surface area (Å²) < 4.78 is 23.9. The van der Waals surface area contributed by atoms with Gasteiger partial charge in [0.25, 0.3) is 5.91 Å². The Morgan fingerprint density at radius 2 is 2.00 bits per heavy atom. The molecule has 0 atom stereocenters. The zero-order chi connectivity index (χ0) is 18.9. The van der Waals surface area contributed by atoms with Gasteiger partial charge in [0.2, 0.25) is 0 Å². The molecule has 1 amide bonds. The summed E-state index contributed by atoms with van der Waals surface area (Å²) in [4.78, 5) is 23.3. The lowest BCUT2D eigenvalue weighted by molar-refractivity contribution is -0.147. The zero-order valence-corrected chi connectivity index (χ0v) is 15.0. The van der Waals surface area contributed by atoms with Gasteiger partial charge in [-0.05, 0) is 49.2 Å². The van der Waals surface area contributed by atoms with Gasteiger partial charge in [0.1, 0.15) is 11.6 Å². The lowest BCUT2D eigenvalue weighted by Gasteiger charge is -2.08. The minimum absolute atomic E-state index is 0.0647. The normalized spacial score (nSPS) is 10.3. The molecule has 0 unspecified atom stereocenters. The van der Waals surface area contributed by atoms with Crippen molar-refractivity contribution in [2.45, 2.75) is 19.8 Å². The number of aryl methyl sites for hydroxylation is 1. The van der Waals surface area contributed by atoms with E-state index in [1.807, 2.05) is 31.2 Å². The molecule has 0 radical (unpaired) electrons. The Bertz CT molecular complexity index is 782. The second kappa shape index (κ2) is 9.77. The van der Waals surface area contributed by atoms with Gasteiger partial charge in [-0.1, -0.05) is 23.7 Å². The first-order chi connectivity index (χ1) is 12.4. The number of anilines is 1. The first-order valence-electron chi connectivity index (χ1n) is 8.04. The largest absolute Gasteiger partial charge is 0.494 e. The van der Waals surface area contributed by atoms with E-state index in [1.54, 1.807) is 0 Å². The van der Waals surface area contributed by atoms with E-state index in [0.717, 1.165) is 17.4 Å². The average molecular weight is 380 g/mol. The molecule has 0 heterocycles. The summed E-state index contributed by atoms with van der Waals surface area (Å²) in [6, 6.07) is 11.4. The maximum absolute atomic E-state index is 13.5. The molecule has 2 aromatic carbocycles. The van der Waals surface area contributed by atoms with Crippen LogP contribution in [0.25, 0.3) is 0 Å². The van der Waals surface area contributed by atoms with Crippen molar-refractivity contribution in [3.05, 3.63) is 58.9 Å². The van der Waals surface area contributed by atoms with Gasteiger partial charge in [-0.25, -0.2) is 4.39 Å². The van der Waals surface area contributed by atoms with E-state index in [1.165, 1.54) is 12.1 Å². The summed E-state index contributed by atoms with van der Waals surface area (Å²) in [5.41, 5.74) is 1.02. The predicted octanol–water partition coefficient (Wildman–Crippen LogP) is 4.13. The highest BCUT2D eigenvalue weighted by Gasteiger charge is 2.11. The summed E-state index contributed by atoms with van der Waals surface area (Å²) in [5, 5.41) is 2.58. The van der Waals surface area contributed by atoms with E-state index in [9.17, 15) is 14.0 Å². The van der Waals surface area contributed by atoms with E-state index in [0.29, 0.717) is 13.0 Å². The highest BCUT2D eigenvalue weighted by atomic mass is 35.5. The monoisotopic (exact) mass is 379 g/mol. The maximum atomic E-state index is 13.5. The molecule has 0 saturated heterocycles. The van der Waals surface area contributed by atoms with Gasteiger partial charge in [-0.15, -0.1) is 0 Å². The topological polar surface area (TPSA) is 64.6 Å². The van der Waals surface area contributed by atoms with Crippen molar-refractivity contribution in [1.29, 1.82) is 0 Å². The fraction of sp³-hybridized carbons (Fsp3) is 0.263.